The molecule has 0 aliphatic rings. The number of hydrogen-bond donors (Lipinski definition) is 2. The highest BCUT2D eigenvalue weighted by Crippen LogP contribution is 2.24. The molecule has 2 N–H and O–H groups in total. The van der Waals surface area contributed by atoms with Crippen LogP contribution in [0.2, 0.25) is 0 Å². The average Bonchev–Trinajstić information content (AvgIpc) is 2.75. The van der Waals surface area contributed by atoms with Crippen molar-refractivity contribution in [1.82, 2.24) is 10.3 Å². The minimum atomic E-state index is -0.0460. The molecule has 158 valence electrons. The molecule has 3 aromatic rings. The Morgan fingerprint density at radius 2 is 1.80 bits per heavy atom. The van der Waals surface area contributed by atoms with Gasteiger partial charge in [0.2, 0.25) is 0 Å². The number of thioether (sulfide) groups is 1. The van der Waals surface area contributed by atoms with E-state index in [1.807, 2.05) is 48.2 Å². The highest BCUT2D eigenvalue weighted by molar-refractivity contribution is 7.99. The van der Waals surface area contributed by atoms with Gasteiger partial charge in [-0.25, -0.2) is 4.98 Å². The lowest BCUT2D eigenvalue weighted by atomic mass is 10.1. The molecule has 5 heteroatoms. The second kappa shape index (κ2) is 11.0. The van der Waals surface area contributed by atoms with E-state index in [1.165, 1.54) is 29.7 Å². The van der Waals surface area contributed by atoms with Crippen LogP contribution < -0.4 is 10.6 Å². The van der Waals surface area contributed by atoms with Crippen LogP contribution in [0.5, 0.6) is 0 Å². The van der Waals surface area contributed by atoms with Crippen LogP contribution in [0.25, 0.3) is 10.9 Å². The number of aromatic nitrogens is 1. The van der Waals surface area contributed by atoms with Crippen molar-refractivity contribution in [2.24, 2.45) is 0 Å². The molecule has 0 atom stereocenters. The lowest BCUT2D eigenvalue weighted by Crippen LogP contribution is -2.25. The maximum absolute atomic E-state index is 12.9. The number of para-hydroxylation sites is 1. The molecule has 0 aliphatic carbocycles. The molecule has 30 heavy (non-hydrogen) atoms. The molecule has 0 spiro atoms. The Hall–Kier alpha value is -2.53. The van der Waals surface area contributed by atoms with Gasteiger partial charge in [-0.3, -0.25) is 4.79 Å². The molecular weight excluding hydrogens is 390 g/mol. The van der Waals surface area contributed by atoms with Crippen molar-refractivity contribution < 1.29 is 4.79 Å². The van der Waals surface area contributed by atoms with Crippen molar-refractivity contribution in [1.29, 1.82) is 0 Å². The van der Waals surface area contributed by atoms with Crippen LogP contribution in [-0.4, -0.2) is 28.9 Å². The normalized spacial score (nSPS) is 10.9. The highest BCUT2D eigenvalue weighted by atomic mass is 32.2. The van der Waals surface area contributed by atoms with Crippen LogP contribution in [0.1, 0.15) is 47.7 Å². The van der Waals surface area contributed by atoms with E-state index < -0.39 is 0 Å². The van der Waals surface area contributed by atoms with Crippen molar-refractivity contribution in [3.05, 3.63) is 65.2 Å². The van der Waals surface area contributed by atoms with E-state index in [0.717, 1.165) is 28.8 Å². The van der Waals surface area contributed by atoms with E-state index in [1.54, 1.807) is 0 Å². The smallest absolute Gasteiger partial charge is 0.252 e. The lowest BCUT2D eigenvalue weighted by molar-refractivity contribution is 0.0955. The Kier molecular flexibility index (Phi) is 8.14. The Morgan fingerprint density at radius 1 is 1.00 bits per heavy atom. The number of nitrogens with zero attached hydrogens (tertiary/aromatic N) is 1. The fourth-order valence-electron chi connectivity index (χ4n) is 3.21. The minimum Gasteiger partial charge on any atom is -0.352 e. The fourth-order valence-corrected chi connectivity index (χ4v) is 4.26. The van der Waals surface area contributed by atoms with Gasteiger partial charge in [0, 0.05) is 17.6 Å². The molecule has 1 aromatic heterocycles. The van der Waals surface area contributed by atoms with Crippen molar-refractivity contribution >= 4 is 40.1 Å². The van der Waals surface area contributed by atoms with Crippen LogP contribution in [-0.2, 0) is 0 Å². The van der Waals surface area contributed by atoms with Crippen molar-refractivity contribution in [2.75, 3.05) is 23.4 Å². The Morgan fingerprint density at radius 3 is 2.60 bits per heavy atom. The summed E-state index contributed by atoms with van der Waals surface area (Å²) in [5, 5.41) is 7.32. The highest BCUT2D eigenvalue weighted by Gasteiger charge is 2.13. The number of amides is 1. The van der Waals surface area contributed by atoms with Crippen LogP contribution in [0.15, 0.2) is 48.5 Å². The number of nitrogens with one attached hydrogen (secondary N) is 2. The molecule has 0 aliphatic heterocycles. The Balaban J connectivity index is 1.72. The summed E-state index contributed by atoms with van der Waals surface area (Å²) in [5.74, 6) is 2.91. The molecule has 2 aromatic carbocycles. The van der Waals surface area contributed by atoms with Gasteiger partial charge in [0.1, 0.15) is 5.82 Å². The molecule has 0 saturated heterocycles. The van der Waals surface area contributed by atoms with Crippen molar-refractivity contribution in [2.45, 2.75) is 40.0 Å². The maximum Gasteiger partial charge on any atom is 0.252 e. The zero-order chi connectivity index (χ0) is 21.3. The SMILES string of the molecule is CCCCSCCCNC(=O)c1cc(Nc2ccc(C)c(C)c2)nc2ccccc12. The lowest BCUT2D eigenvalue weighted by Gasteiger charge is -2.12. The Bertz CT molecular complexity index is 1000. The standard InChI is InChI=1S/C25H31N3OS/c1-4-5-14-30-15-8-13-26-25(29)22-17-24(28-23-10-7-6-9-21(22)23)27-20-12-11-18(2)19(3)16-20/h6-7,9-12,16-17H,4-5,8,13-15H2,1-3H3,(H,26,29)(H,27,28). The first-order chi connectivity index (χ1) is 14.6. The third-order valence-electron chi connectivity index (χ3n) is 5.13. The molecule has 0 fully saturated rings. The third-order valence-corrected chi connectivity index (χ3v) is 6.29. The largest absolute Gasteiger partial charge is 0.352 e. The zero-order valence-electron chi connectivity index (χ0n) is 18.1. The summed E-state index contributed by atoms with van der Waals surface area (Å²) >= 11 is 1.96. The second-order valence-corrected chi connectivity index (χ2v) is 8.80. The molecular formula is C25H31N3OS. The van der Waals surface area contributed by atoms with Crippen LogP contribution in [0.3, 0.4) is 0 Å². The number of rotatable bonds is 10. The van der Waals surface area contributed by atoms with E-state index in [-0.39, 0.29) is 5.91 Å². The van der Waals surface area contributed by atoms with Gasteiger partial charge in [-0.15, -0.1) is 0 Å². The Labute approximate surface area is 183 Å². The number of hydrogen-bond acceptors (Lipinski definition) is 4. The zero-order valence-corrected chi connectivity index (χ0v) is 18.9. The first-order valence-corrected chi connectivity index (χ1v) is 11.8. The average molecular weight is 422 g/mol. The van der Waals surface area contributed by atoms with Gasteiger partial charge in [-0.05, 0) is 73.6 Å². The second-order valence-electron chi connectivity index (χ2n) is 7.57. The van der Waals surface area contributed by atoms with Gasteiger partial charge in [-0.1, -0.05) is 37.6 Å². The maximum atomic E-state index is 12.9. The first kappa shape index (κ1) is 22.2. The van der Waals surface area contributed by atoms with E-state index in [9.17, 15) is 4.79 Å². The van der Waals surface area contributed by atoms with E-state index >= 15 is 0 Å². The fraction of sp³-hybridized carbons (Fsp3) is 0.360. The molecule has 0 bridgehead atoms. The number of pyridine rings is 1. The molecule has 4 nitrogen and oxygen atoms in total. The monoisotopic (exact) mass is 421 g/mol. The minimum absolute atomic E-state index is 0.0460. The number of unbranched alkanes of at least 4 members (excludes halogenated alkanes) is 1. The number of fused-ring (bicyclic) bond motifs is 1. The van der Waals surface area contributed by atoms with Gasteiger partial charge < -0.3 is 10.6 Å². The van der Waals surface area contributed by atoms with Crippen molar-refractivity contribution in [3.63, 3.8) is 0 Å². The quantitative estimate of drug-likeness (QED) is 0.380. The molecule has 0 saturated carbocycles. The van der Waals surface area contributed by atoms with E-state index in [0.29, 0.717) is 17.9 Å². The van der Waals surface area contributed by atoms with Gasteiger partial charge in [-0.2, -0.15) is 11.8 Å². The van der Waals surface area contributed by atoms with Crippen LogP contribution in [0.4, 0.5) is 11.5 Å². The molecule has 0 radical (unpaired) electrons. The summed E-state index contributed by atoms with van der Waals surface area (Å²) in [6.07, 6.45) is 3.48. The number of aryl methyl sites for hydroxylation is 2. The molecule has 1 heterocycles. The van der Waals surface area contributed by atoms with Gasteiger partial charge in [0.05, 0.1) is 11.1 Å². The molecule has 0 unspecified atom stereocenters. The van der Waals surface area contributed by atoms with Gasteiger partial charge >= 0.3 is 0 Å². The van der Waals surface area contributed by atoms with Crippen molar-refractivity contribution in [3.8, 4) is 0 Å². The third kappa shape index (κ3) is 5.99. The van der Waals surface area contributed by atoms with Gasteiger partial charge in [0.25, 0.3) is 5.91 Å². The number of benzene rings is 2. The summed E-state index contributed by atoms with van der Waals surface area (Å²) in [6.45, 7) is 7.09. The van der Waals surface area contributed by atoms with Crippen LogP contribution >= 0.6 is 11.8 Å². The van der Waals surface area contributed by atoms with Crippen LogP contribution in [0, 0.1) is 13.8 Å². The summed E-state index contributed by atoms with van der Waals surface area (Å²) in [5.41, 5.74) is 4.91. The number of carbonyl (C=O) groups excluding carboxylic acids is 1. The number of carbonyl (C=O) groups is 1. The van der Waals surface area contributed by atoms with E-state index in [2.05, 4.69) is 43.5 Å². The summed E-state index contributed by atoms with van der Waals surface area (Å²) < 4.78 is 0. The summed E-state index contributed by atoms with van der Waals surface area (Å²) in [7, 11) is 0. The summed E-state index contributed by atoms with van der Waals surface area (Å²) in [4.78, 5) is 17.6. The molecule has 3 rings (SSSR count). The predicted octanol–water partition coefficient (Wildman–Crippen LogP) is 6.25. The predicted molar refractivity (Wildman–Crippen MR) is 130 cm³/mol. The topological polar surface area (TPSA) is 54.0 Å². The number of anilines is 2. The van der Waals surface area contributed by atoms with Gasteiger partial charge in [0.15, 0.2) is 0 Å². The first-order valence-electron chi connectivity index (χ1n) is 10.7. The molecule has 1 amide bonds. The van der Waals surface area contributed by atoms with E-state index in [4.69, 9.17) is 4.98 Å². The summed E-state index contributed by atoms with van der Waals surface area (Å²) in [6, 6.07) is 15.9.